The van der Waals surface area contributed by atoms with Crippen molar-refractivity contribution in [1.82, 2.24) is 0 Å². The van der Waals surface area contributed by atoms with E-state index in [1.165, 1.54) is 5.39 Å². The van der Waals surface area contributed by atoms with Crippen LogP contribution in [0.5, 0.6) is 5.75 Å². The van der Waals surface area contributed by atoms with E-state index in [4.69, 9.17) is 13.9 Å². The Balaban J connectivity index is 1.32. The van der Waals surface area contributed by atoms with Gasteiger partial charge in [-0.3, -0.25) is 0 Å². The lowest BCUT2D eigenvalue weighted by Crippen LogP contribution is -2.83. The smallest absolute Gasteiger partial charge is 0.157 e. The van der Waals surface area contributed by atoms with E-state index in [0.29, 0.717) is 19.8 Å². The zero-order valence-corrected chi connectivity index (χ0v) is 13.1. The highest BCUT2D eigenvalue weighted by Crippen LogP contribution is 2.24. The van der Waals surface area contributed by atoms with Crippen LogP contribution < -0.4 is 10.1 Å². The molecule has 0 amide bonds. The van der Waals surface area contributed by atoms with E-state index in [0.717, 1.165) is 30.0 Å². The Bertz CT molecular complexity index is 704. The summed E-state index contributed by atoms with van der Waals surface area (Å²) >= 11 is 0. The molecule has 0 saturated heterocycles. The van der Waals surface area contributed by atoms with Gasteiger partial charge in [-0.1, -0.05) is 36.4 Å². The lowest BCUT2D eigenvalue weighted by Gasteiger charge is -2.09. The molecule has 1 aromatic heterocycles. The molecule has 4 nitrogen and oxygen atoms in total. The van der Waals surface area contributed by atoms with Crippen LogP contribution in [0.4, 0.5) is 0 Å². The van der Waals surface area contributed by atoms with Gasteiger partial charge in [0.05, 0.1) is 26.0 Å². The number of fused-ring (bicyclic) bond motifs is 1. The summed E-state index contributed by atoms with van der Waals surface area (Å²) in [6, 6.07) is 18.2. The van der Waals surface area contributed by atoms with Gasteiger partial charge in [-0.25, -0.2) is 0 Å². The van der Waals surface area contributed by atoms with Crippen LogP contribution in [0.1, 0.15) is 5.76 Å². The molecule has 0 atom stereocenters. The van der Waals surface area contributed by atoms with E-state index in [9.17, 15) is 0 Å². The molecule has 23 heavy (non-hydrogen) atoms. The molecular formula is C19H22NO3+. The Kier molecular flexibility index (Phi) is 5.67. The first-order chi connectivity index (χ1) is 11.4. The average Bonchev–Trinajstić information content (AvgIpc) is 3.11. The predicted octanol–water partition coefficient (Wildman–Crippen LogP) is 2.59. The molecule has 0 spiro atoms. The molecule has 0 aliphatic heterocycles. The third-order valence-corrected chi connectivity index (χ3v) is 3.63. The van der Waals surface area contributed by atoms with Crippen molar-refractivity contribution < 1.29 is 19.2 Å². The molecule has 3 aromatic rings. The second kappa shape index (κ2) is 8.36. The lowest BCUT2D eigenvalue weighted by molar-refractivity contribution is -0.673. The third-order valence-electron chi connectivity index (χ3n) is 3.63. The van der Waals surface area contributed by atoms with Crippen LogP contribution in [0, 0.1) is 0 Å². The minimum atomic E-state index is 0.562. The summed E-state index contributed by atoms with van der Waals surface area (Å²) in [5, 5.41) is 4.50. The molecule has 120 valence electrons. The fourth-order valence-electron chi connectivity index (χ4n) is 2.47. The van der Waals surface area contributed by atoms with Crippen LogP contribution in [0.15, 0.2) is 65.3 Å². The van der Waals surface area contributed by atoms with E-state index in [1.807, 2.05) is 36.4 Å². The van der Waals surface area contributed by atoms with Crippen molar-refractivity contribution >= 4 is 10.8 Å². The van der Waals surface area contributed by atoms with Crippen LogP contribution in [0.2, 0.25) is 0 Å². The Labute approximate surface area is 136 Å². The quantitative estimate of drug-likeness (QED) is 0.618. The van der Waals surface area contributed by atoms with Gasteiger partial charge in [0.2, 0.25) is 0 Å². The van der Waals surface area contributed by atoms with Gasteiger partial charge < -0.3 is 19.2 Å². The van der Waals surface area contributed by atoms with E-state index in [2.05, 4.69) is 23.5 Å². The number of benzene rings is 2. The van der Waals surface area contributed by atoms with Crippen molar-refractivity contribution in [3.05, 3.63) is 66.6 Å². The minimum absolute atomic E-state index is 0.562. The van der Waals surface area contributed by atoms with E-state index < -0.39 is 0 Å². The lowest BCUT2D eigenvalue weighted by atomic mass is 10.1. The standard InChI is InChI=1S/C19H21NO3/c1-2-8-18-16(5-1)6-3-9-19(18)23-14-13-21-12-10-20-15-17-7-4-11-22-17/h1-9,11,20H,10,12-15H2/p+1. The molecule has 0 radical (unpaired) electrons. The summed E-state index contributed by atoms with van der Waals surface area (Å²) in [5.74, 6) is 1.90. The zero-order valence-electron chi connectivity index (χ0n) is 13.1. The Hall–Kier alpha value is -2.30. The fourth-order valence-corrected chi connectivity index (χ4v) is 2.47. The van der Waals surface area contributed by atoms with Crippen LogP contribution in [-0.4, -0.2) is 26.4 Å². The zero-order chi connectivity index (χ0) is 15.7. The number of hydrogen-bond donors (Lipinski definition) is 1. The maximum atomic E-state index is 5.83. The van der Waals surface area contributed by atoms with Gasteiger partial charge in [-0.15, -0.1) is 0 Å². The molecule has 0 unspecified atom stereocenters. The van der Waals surface area contributed by atoms with Crippen LogP contribution in [0.25, 0.3) is 10.8 Å². The molecular weight excluding hydrogens is 290 g/mol. The molecule has 2 aromatic carbocycles. The molecule has 3 rings (SSSR count). The van der Waals surface area contributed by atoms with Gasteiger partial charge in [0.1, 0.15) is 18.9 Å². The van der Waals surface area contributed by atoms with E-state index in [1.54, 1.807) is 6.26 Å². The van der Waals surface area contributed by atoms with Crippen molar-refractivity contribution in [3.63, 3.8) is 0 Å². The topological polar surface area (TPSA) is 48.2 Å². The summed E-state index contributed by atoms with van der Waals surface area (Å²) in [7, 11) is 0. The highest BCUT2D eigenvalue weighted by atomic mass is 16.5. The summed E-state index contributed by atoms with van der Waals surface area (Å²) < 4.78 is 16.7. The van der Waals surface area contributed by atoms with E-state index in [-0.39, 0.29) is 0 Å². The fraction of sp³-hybridized carbons (Fsp3) is 0.263. The first kappa shape index (κ1) is 15.6. The first-order valence-corrected chi connectivity index (χ1v) is 7.96. The van der Waals surface area contributed by atoms with Crippen LogP contribution in [-0.2, 0) is 11.3 Å². The Morgan fingerprint density at radius 2 is 1.78 bits per heavy atom. The van der Waals surface area contributed by atoms with Gasteiger partial charge >= 0.3 is 0 Å². The van der Waals surface area contributed by atoms with Gasteiger partial charge in [0, 0.05) is 5.39 Å². The van der Waals surface area contributed by atoms with E-state index >= 15 is 0 Å². The van der Waals surface area contributed by atoms with Crippen molar-refractivity contribution in [1.29, 1.82) is 0 Å². The first-order valence-electron chi connectivity index (χ1n) is 7.96. The monoisotopic (exact) mass is 312 g/mol. The molecule has 0 aliphatic carbocycles. The minimum Gasteiger partial charge on any atom is -0.491 e. The molecule has 0 aliphatic rings. The second-order valence-electron chi connectivity index (χ2n) is 5.30. The summed E-state index contributed by atoms with van der Waals surface area (Å²) in [5.41, 5.74) is 0. The van der Waals surface area contributed by atoms with Crippen LogP contribution in [0.3, 0.4) is 0 Å². The van der Waals surface area contributed by atoms with Crippen molar-refractivity contribution in [3.8, 4) is 5.75 Å². The highest BCUT2D eigenvalue weighted by Gasteiger charge is 2.01. The predicted molar refractivity (Wildman–Crippen MR) is 89.5 cm³/mol. The van der Waals surface area contributed by atoms with Crippen molar-refractivity contribution in [2.24, 2.45) is 0 Å². The summed E-state index contributed by atoms with van der Waals surface area (Å²) in [6.07, 6.45) is 1.70. The summed E-state index contributed by atoms with van der Waals surface area (Å²) in [4.78, 5) is 0. The van der Waals surface area contributed by atoms with Gasteiger partial charge in [-0.05, 0) is 23.6 Å². The highest BCUT2D eigenvalue weighted by molar-refractivity contribution is 5.88. The SMILES string of the molecule is c1coc(C[NH2+]CCOCCOc2cccc3ccccc23)c1. The number of ether oxygens (including phenoxy) is 2. The maximum Gasteiger partial charge on any atom is 0.157 e. The van der Waals surface area contributed by atoms with Crippen molar-refractivity contribution in [2.45, 2.75) is 6.54 Å². The largest absolute Gasteiger partial charge is 0.491 e. The number of nitrogens with two attached hydrogens (primary N) is 1. The summed E-state index contributed by atoms with van der Waals surface area (Å²) in [6.45, 7) is 3.63. The Morgan fingerprint density at radius 3 is 2.70 bits per heavy atom. The second-order valence-corrected chi connectivity index (χ2v) is 5.30. The molecule has 2 N–H and O–H groups in total. The molecule has 0 saturated carbocycles. The van der Waals surface area contributed by atoms with Crippen molar-refractivity contribution in [2.75, 3.05) is 26.4 Å². The number of rotatable bonds is 9. The molecule has 1 heterocycles. The van der Waals surface area contributed by atoms with Gasteiger partial charge in [0.15, 0.2) is 5.76 Å². The molecule has 0 bridgehead atoms. The average molecular weight is 312 g/mol. The maximum absolute atomic E-state index is 5.83. The number of hydrogen-bond acceptors (Lipinski definition) is 3. The number of furan rings is 1. The number of quaternary nitrogens is 1. The molecule has 4 heteroatoms. The molecule has 0 fully saturated rings. The van der Waals surface area contributed by atoms with Gasteiger partial charge in [0.25, 0.3) is 0 Å². The van der Waals surface area contributed by atoms with Gasteiger partial charge in [-0.2, -0.15) is 0 Å². The normalized spacial score (nSPS) is 11.0. The Morgan fingerprint density at radius 1 is 0.870 bits per heavy atom. The third kappa shape index (κ3) is 4.58. The van der Waals surface area contributed by atoms with Crippen LogP contribution >= 0.6 is 0 Å².